The molecule has 1 nitrogen and oxygen atoms in total. The van der Waals surface area contributed by atoms with Crippen molar-refractivity contribution in [1.82, 2.24) is 0 Å². The van der Waals surface area contributed by atoms with Crippen molar-refractivity contribution in [3.05, 3.63) is 69.7 Å². The highest BCUT2D eigenvalue weighted by Gasteiger charge is 2.11. The standard InChI is InChI=1S/C15H14BrF2N/c16-14-4-2-1-3-10(14)7-13(19)8-11-5-6-12(17)9-15(11)18/h1-6,9,13H,7-8,19H2. The van der Waals surface area contributed by atoms with Crippen LogP contribution in [0.15, 0.2) is 46.9 Å². The van der Waals surface area contributed by atoms with Gasteiger partial charge in [0.1, 0.15) is 11.6 Å². The molecule has 0 amide bonds. The lowest BCUT2D eigenvalue weighted by Gasteiger charge is -2.13. The van der Waals surface area contributed by atoms with Crippen LogP contribution >= 0.6 is 15.9 Å². The molecule has 4 heteroatoms. The lowest BCUT2D eigenvalue weighted by Crippen LogP contribution is -2.26. The molecule has 0 aliphatic heterocycles. The summed E-state index contributed by atoms with van der Waals surface area (Å²) >= 11 is 3.45. The molecule has 0 radical (unpaired) electrons. The van der Waals surface area contributed by atoms with Crippen molar-refractivity contribution in [2.24, 2.45) is 5.73 Å². The first-order chi connectivity index (χ1) is 9.06. The Morgan fingerprint density at radius 3 is 2.37 bits per heavy atom. The van der Waals surface area contributed by atoms with Crippen LogP contribution in [0.1, 0.15) is 11.1 Å². The highest BCUT2D eigenvalue weighted by Crippen LogP contribution is 2.19. The van der Waals surface area contributed by atoms with Gasteiger partial charge in [-0.2, -0.15) is 0 Å². The van der Waals surface area contributed by atoms with Crippen LogP contribution in [0.5, 0.6) is 0 Å². The van der Waals surface area contributed by atoms with Gasteiger partial charge in [0.05, 0.1) is 0 Å². The second-order valence-electron chi connectivity index (χ2n) is 4.50. The van der Waals surface area contributed by atoms with Gasteiger partial charge < -0.3 is 5.73 Å². The largest absolute Gasteiger partial charge is 0.327 e. The summed E-state index contributed by atoms with van der Waals surface area (Å²) in [6.45, 7) is 0. The van der Waals surface area contributed by atoms with Crippen LogP contribution in [0.25, 0.3) is 0 Å². The van der Waals surface area contributed by atoms with Crippen LogP contribution in [-0.2, 0) is 12.8 Å². The van der Waals surface area contributed by atoms with Crippen LogP contribution in [0.3, 0.4) is 0 Å². The first-order valence-corrected chi connectivity index (χ1v) is 6.78. The zero-order chi connectivity index (χ0) is 13.8. The van der Waals surface area contributed by atoms with Crippen molar-refractivity contribution >= 4 is 15.9 Å². The van der Waals surface area contributed by atoms with Crippen LogP contribution < -0.4 is 5.73 Å². The number of nitrogens with two attached hydrogens (primary N) is 1. The van der Waals surface area contributed by atoms with E-state index in [1.54, 1.807) is 0 Å². The maximum Gasteiger partial charge on any atom is 0.129 e. The quantitative estimate of drug-likeness (QED) is 0.908. The van der Waals surface area contributed by atoms with Gasteiger partial charge in [-0.3, -0.25) is 0 Å². The number of hydrogen-bond acceptors (Lipinski definition) is 1. The Morgan fingerprint density at radius 2 is 1.68 bits per heavy atom. The first kappa shape index (κ1) is 14.2. The van der Waals surface area contributed by atoms with Crippen molar-refractivity contribution in [2.75, 3.05) is 0 Å². The lowest BCUT2D eigenvalue weighted by atomic mass is 9.99. The smallest absolute Gasteiger partial charge is 0.129 e. The Bertz CT molecular complexity index is 572. The minimum atomic E-state index is -0.569. The maximum atomic E-state index is 13.5. The Morgan fingerprint density at radius 1 is 1.00 bits per heavy atom. The van der Waals surface area contributed by atoms with E-state index in [9.17, 15) is 8.78 Å². The number of hydrogen-bond donors (Lipinski definition) is 1. The monoisotopic (exact) mass is 325 g/mol. The van der Waals surface area contributed by atoms with Crippen molar-refractivity contribution in [3.63, 3.8) is 0 Å². The minimum absolute atomic E-state index is 0.210. The molecule has 0 aromatic heterocycles. The van der Waals surface area contributed by atoms with E-state index in [2.05, 4.69) is 15.9 Å². The molecule has 0 fully saturated rings. The molecule has 0 bridgehead atoms. The third kappa shape index (κ3) is 3.85. The SMILES string of the molecule is NC(Cc1ccc(F)cc1F)Cc1ccccc1Br. The molecule has 0 aliphatic rings. The van der Waals surface area contributed by atoms with Gasteiger partial charge in [-0.15, -0.1) is 0 Å². The average Bonchev–Trinajstić information content (AvgIpc) is 2.36. The Balaban J connectivity index is 2.05. The third-order valence-corrected chi connectivity index (χ3v) is 3.71. The topological polar surface area (TPSA) is 26.0 Å². The van der Waals surface area contributed by atoms with E-state index < -0.39 is 11.6 Å². The summed E-state index contributed by atoms with van der Waals surface area (Å²) in [7, 11) is 0. The molecule has 0 heterocycles. The lowest BCUT2D eigenvalue weighted by molar-refractivity contribution is 0.558. The van der Waals surface area contributed by atoms with Crippen LogP contribution in [-0.4, -0.2) is 6.04 Å². The Kier molecular flexibility index (Phi) is 4.66. The predicted molar refractivity (Wildman–Crippen MR) is 75.9 cm³/mol. The summed E-state index contributed by atoms with van der Waals surface area (Å²) < 4.78 is 27.3. The molecule has 2 rings (SSSR count). The summed E-state index contributed by atoms with van der Waals surface area (Å²) in [6, 6.07) is 11.2. The fourth-order valence-corrected chi connectivity index (χ4v) is 2.43. The molecule has 2 aromatic carbocycles. The number of benzene rings is 2. The molecule has 1 atom stereocenters. The van der Waals surface area contributed by atoms with Gasteiger partial charge in [-0.25, -0.2) is 8.78 Å². The van der Waals surface area contributed by atoms with Gasteiger partial charge in [0.2, 0.25) is 0 Å². The van der Waals surface area contributed by atoms with Gasteiger partial charge >= 0.3 is 0 Å². The van der Waals surface area contributed by atoms with Crippen LogP contribution in [0.4, 0.5) is 8.78 Å². The number of rotatable bonds is 4. The average molecular weight is 326 g/mol. The fraction of sp³-hybridized carbons (Fsp3) is 0.200. The molecule has 100 valence electrons. The molecule has 0 saturated heterocycles. The molecule has 1 unspecified atom stereocenters. The third-order valence-electron chi connectivity index (χ3n) is 2.94. The second kappa shape index (κ2) is 6.26. The summed E-state index contributed by atoms with van der Waals surface area (Å²) in [6.07, 6.45) is 1.02. The van der Waals surface area contributed by atoms with Crippen molar-refractivity contribution in [1.29, 1.82) is 0 Å². The van der Waals surface area contributed by atoms with Crippen LogP contribution in [0, 0.1) is 11.6 Å². The zero-order valence-corrected chi connectivity index (χ0v) is 11.8. The van der Waals surface area contributed by atoms with E-state index in [1.165, 1.54) is 12.1 Å². The van der Waals surface area contributed by atoms with Crippen molar-refractivity contribution < 1.29 is 8.78 Å². The van der Waals surface area contributed by atoms with Gasteiger partial charge in [-0.05, 0) is 36.1 Å². The Labute approximate surface area is 119 Å². The second-order valence-corrected chi connectivity index (χ2v) is 5.35. The molecular formula is C15H14BrF2N. The Hall–Kier alpha value is -1.26. The summed E-state index contributed by atoms with van der Waals surface area (Å²) in [5.74, 6) is -1.11. The van der Waals surface area contributed by atoms with E-state index in [4.69, 9.17) is 5.73 Å². The first-order valence-electron chi connectivity index (χ1n) is 5.99. The molecular weight excluding hydrogens is 312 g/mol. The highest BCUT2D eigenvalue weighted by atomic mass is 79.9. The molecule has 0 saturated carbocycles. The summed E-state index contributed by atoms with van der Waals surface area (Å²) in [5.41, 5.74) is 7.56. The maximum absolute atomic E-state index is 13.5. The van der Waals surface area contributed by atoms with Crippen molar-refractivity contribution in [2.45, 2.75) is 18.9 Å². The zero-order valence-electron chi connectivity index (χ0n) is 10.2. The summed E-state index contributed by atoms with van der Waals surface area (Å²) in [5, 5.41) is 0. The highest BCUT2D eigenvalue weighted by molar-refractivity contribution is 9.10. The molecule has 19 heavy (non-hydrogen) atoms. The van der Waals surface area contributed by atoms with E-state index in [0.29, 0.717) is 18.4 Å². The van der Waals surface area contributed by atoms with E-state index >= 15 is 0 Å². The summed E-state index contributed by atoms with van der Waals surface area (Å²) in [4.78, 5) is 0. The predicted octanol–water partition coefficient (Wildman–Crippen LogP) is 3.84. The van der Waals surface area contributed by atoms with Crippen molar-refractivity contribution in [3.8, 4) is 0 Å². The normalized spacial score (nSPS) is 12.4. The van der Waals surface area contributed by atoms with E-state index in [0.717, 1.165) is 16.1 Å². The van der Waals surface area contributed by atoms with Gasteiger partial charge in [0.15, 0.2) is 0 Å². The van der Waals surface area contributed by atoms with E-state index in [-0.39, 0.29) is 6.04 Å². The van der Waals surface area contributed by atoms with Crippen LogP contribution in [0.2, 0.25) is 0 Å². The molecule has 2 N–H and O–H groups in total. The van der Waals surface area contributed by atoms with Gasteiger partial charge in [0.25, 0.3) is 0 Å². The fourth-order valence-electron chi connectivity index (χ4n) is 1.99. The molecule has 0 spiro atoms. The minimum Gasteiger partial charge on any atom is -0.327 e. The van der Waals surface area contributed by atoms with E-state index in [1.807, 2.05) is 24.3 Å². The number of halogens is 3. The van der Waals surface area contributed by atoms with Gasteiger partial charge in [-0.1, -0.05) is 40.2 Å². The van der Waals surface area contributed by atoms with Gasteiger partial charge in [0, 0.05) is 16.6 Å². The molecule has 0 aliphatic carbocycles. The molecule has 2 aromatic rings.